The van der Waals surface area contributed by atoms with Crippen LogP contribution in [0.15, 0.2) is 54.6 Å². The molecule has 2 aliphatic rings. The van der Waals surface area contributed by atoms with Crippen molar-refractivity contribution in [2.45, 2.75) is 39.0 Å². The van der Waals surface area contributed by atoms with Crippen molar-refractivity contribution in [3.63, 3.8) is 0 Å². The van der Waals surface area contributed by atoms with Gasteiger partial charge in [-0.25, -0.2) is 0 Å². The molecule has 1 aromatic heterocycles. The van der Waals surface area contributed by atoms with Crippen LogP contribution in [0.4, 0.5) is 5.00 Å². The van der Waals surface area contributed by atoms with Gasteiger partial charge in [-0.15, -0.1) is 11.3 Å². The van der Waals surface area contributed by atoms with Crippen LogP contribution in [0.2, 0.25) is 0 Å². The highest BCUT2D eigenvalue weighted by molar-refractivity contribution is 7.16. The fraction of sp³-hybridized carbons (Fsp3) is 0.292. The second-order valence-electron chi connectivity index (χ2n) is 7.95. The predicted octanol–water partition coefficient (Wildman–Crippen LogP) is 5.31. The Bertz CT molecular complexity index is 1030. The van der Waals surface area contributed by atoms with Gasteiger partial charge in [0.25, 0.3) is 5.91 Å². The highest BCUT2D eigenvalue weighted by Gasteiger charge is 2.33. The summed E-state index contributed by atoms with van der Waals surface area (Å²) in [5.41, 5.74) is 4.30. The molecule has 5 rings (SSSR count). The van der Waals surface area contributed by atoms with Gasteiger partial charge < -0.3 is 15.4 Å². The Hall–Kier alpha value is -2.79. The minimum atomic E-state index is -0.212. The maximum atomic E-state index is 12.8. The number of amides is 1. The summed E-state index contributed by atoms with van der Waals surface area (Å²) in [4.78, 5) is 14.2. The number of carbonyl (C=O) groups excluding carboxylic acids is 1. The van der Waals surface area contributed by atoms with Crippen LogP contribution < -0.4 is 15.4 Å². The lowest BCUT2D eigenvalue weighted by molar-refractivity contribution is 0.0935. The van der Waals surface area contributed by atoms with E-state index in [4.69, 9.17) is 4.74 Å². The molecule has 0 spiro atoms. The van der Waals surface area contributed by atoms with Gasteiger partial charge in [0.2, 0.25) is 0 Å². The summed E-state index contributed by atoms with van der Waals surface area (Å²) in [5.74, 6) is 1.56. The van der Waals surface area contributed by atoms with Gasteiger partial charge in [0.1, 0.15) is 23.5 Å². The first-order valence-electron chi connectivity index (χ1n) is 10.2. The molecule has 4 nitrogen and oxygen atoms in total. The Morgan fingerprint density at radius 2 is 1.86 bits per heavy atom. The van der Waals surface area contributed by atoms with Crippen LogP contribution in [0, 0.1) is 5.92 Å². The van der Waals surface area contributed by atoms with Crippen LogP contribution in [-0.4, -0.2) is 5.91 Å². The fourth-order valence-corrected chi connectivity index (χ4v) is 5.56. The Kier molecular flexibility index (Phi) is 4.76. The molecule has 2 heterocycles. The molecule has 1 amide bonds. The summed E-state index contributed by atoms with van der Waals surface area (Å²) in [5, 5.41) is 7.68. The third-order valence-electron chi connectivity index (χ3n) is 5.75. The SMILES string of the molecule is C[C@H]1CCc2c(sc3c2C(=O)N[C@@H](c2ccc(OCc4ccccc4)cc2)N3)C1. The first-order chi connectivity index (χ1) is 14.2. The molecule has 0 saturated carbocycles. The summed E-state index contributed by atoms with van der Waals surface area (Å²) >= 11 is 1.76. The van der Waals surface area contributed by atoms with Crippen molar-refractivity contribution in [3.05, 3.63) is 81.7 Å². The predicted molar refractivity (Wildman–Crippen MR) is 117 cm³/mol. The van der Waals surface area contributed by atoms with Crippen LogP contribution in [0.1, 0.15) is 51.4 Å². The van der Waals surface area contributed by atoms with E-state index >= 15 is 0 Å². The number of rotatable bonds is 4. The highest BCUT2D eigenvalue weighted by atomic mass is 32.1. The Morgan fingerprint density at radius 3 is 2.66 bits per heavy atom. The molecule has 5 heteroatoms. The monoisotopic (exact) mass is 404 g/mol. The Labute approximate surface area is 174 Å². The van der Waals surface area contributed by atoms with Crippen molar-refractivity contribution < 1.29 is 9.53 Å². The van der Waals surface area contributed by atoms with Gasteiger partial charge >= 0.3 is 0 Å². The van der Waals surface area contributed by atoms with Crippen molar-refractivity contribution in [1.82, 2.24) is 5.32 Å². The second kappa shape index (κ2) is 7.56. The molecule has 2 aromatic carbocycles. The summed E-state index contributed by atoms with van der Waals surface area (Å²) in [6.07, 6.45) is 3.04. The fourth-order valence-electron chi connectivity index (χ4n) is 4.13. The Morgan fingerprint density at radius 1 is 1.07 bits per heavy atom. The van der Waals surface area contributed by atoms with E-state index in [1.807, 2.05) is 42.5 Å². The van der Waals surface area contributed by atoms with Gasteiger partial charge in [0.05, 0.1) is 5.56 Å². The lowest BCUT2D eigenvalue weighted by Crippen LogP contribution is -2.38. The number of hydrogen-bond donors (Lipinski definition) is 2. The van der Waals surface area contributed by atoms with Crippen LogP contribution in [0.25, 0.3) is 0 Å². The van der Waals surface area contributed by atoms with Gasteiger partial charge in [0, 0.05) is 4.88 Å². The quantitative estimate of drug-likeness (QED) is 0.620. The summed E-state index contributed by atoms with van der Waals surface area (Å²) in [7, 11) is 0. The first-order valence-corrected chi connectivity index (χ1v) is 11.0. The molecule has 148 valence electrons. The lowest BCUT2D eigenvalue weighted by atomic mass is 9.88. The molecule has 0 fully saturated rings. The van der Waals surface area contributed by atoms with Crippen molar-refractivity contribution in [3.8, 4) is 5.75 Å². The van der Waals surface area contributed by atoms with Crippen molar-refractivity contribution in [1.29, 1.82) is 0 Å². The number of carbonyl (C=O) groups is 1. The molecular formula is C24H24N2O2S. The van der Waals surface area contributed by atoms with Gasteiger partial charge in [-0.1, -0.05) is 49.4 Å². The van der Waals surface area contributed by atoms with Crippen molar-refractivity contribution in [2.24, 2.45) is 5.92 Å². The number of benzene rings is 2. The number of anilines is 1. The summed E-state index contributed by atoms with van der Waals surface area (Å²) in [6, 6.07) is 18.1. The molecule has 0 saturated heterocycles. The van der Waals surface area contributed by atoms with E-state index in [-0.39, 0.29) is 12.1 Å². The van der Waals surface area contributed by atoms with Gasteiger partial charge in [-0.3, -0.25) is 4.79 Å². The second-order valence-corrected chi connectivity index (χ2v) is 9.06. The molecule has 2 atom stereocenters. The van der Waals surface area contributed by atoms with E-state index in [1.165, 1.54) is 10.4 Å². The van der Waals surface area contributed by atoms with E-state index in [1.54, 1.807) is 11.3 Å². The third-order valence-corrected chi connectivity index (χ3v) is 6.94. The van der Waals surface area contributed by atoms with Crippen LogP contribution in [0.3, 0.4) is 0 Å². The van der Waals surface area contributed by atoms with E-state index in [0.29, 0.717) is 12.5 Å². The van der Waals surface area contributed by atoms with Crippen LogP contribution in [0.5, 0.6) is 5.75 Å². The smallest absolute Gasteiger partial charge is 0.256 e. The van der Waals surface area contributed by atoms with Gasteiger partial charge in [-0.05, 0) is 54.0 Å². The molecule has 1 aliphatic heterocycles. The van der Waals surface area contributed by atoms with Crippen molar-refractivity contribution in [2.75, 3.05) is 5.32 Å². The minimum Gasteiger partial charge on any atom is -0.489 e. The molecular weight excluding hydrogens is 380 g/mol. The highest BCUT2D eigenvalue weighted by Crippen LogP contribution is 2.42. The number of fused-ring (bicyclic) bond motifs is 3. The molecule has 0 bridgehead atoms. The largest absolute Gasteiger partial charge is 0.489 e. The van der Waals surface area contributed by atoms with E-state index in [0.717, 1.165) is 46.7 Å². The summed E-state index contributed by atoms with van der Waals surface area (Å²) < 4.78 is 5.87. The molecule has 1 aliphatic carbocycles. The topological polar surface area (TPSA) is 50.4 Å². The number of hydrogen-bond acceptors (Lipinski definition) is 4. The average Bonchev–Trinajstić information content (AvgIpc) is 3.11. The van der Waals surface area contributed by atoms with Gasteiger partial charge in [-0.2, -0.15) is 0 Å². The zero-order chi connectivity index (χ0) is 19.8. The molecule has 2 N–H and O–H groups in total. The maximum Gasteiger partial charge on any atom is 0.256 e. The lowest BCUT2D eigenvalue weighted by Gasteiger charge is -2.27. The van der Waals surface area contributed by atoms with E-state index < -0.39 is 0 Å². The van der Waals surface area contributed by atoms with E-state index in [9.17, 15) is 4.79 Å². The number of thiophene rings is 1. The van der Waals surface area contributed by atoms with E-state index in [2.05, 4.69) is 29.7 Å². The zero-order valence-electron chi connectivity index (χ0n) is 16.4. The van der Waals surface area contributed by atoms with Crippen molar-refractivity contribution >= 4 is 22.2 Å². The molecule has 3 aromatic rings. The Balaban J connectivity index is 1.30. The molecule has 0 radical (unpaired) electrons. The number of nitrogens with one attached hydrogen (secondary N) is 2. The molecule has 29 heavy (non-hydrogen) atoms. The minimum absolute atomic E-state index is 0.0419. The zero-order valence-corrected chi connectivity index (χ0v) is 17.2. The summed E-state index contributed by atoms with van der Waals surface area (Å²) in [6.45, 7) is 2.83. The molecule has 0 unspecified atom stereocenters. The first kappa shape index (κ1) is 18.3. The standard InChI is InChI=1S/C24H24N2O2S/c1-15-7-12-19-20(13-15)29-24-21(19)23(27)25-22(26-24)17-8-10-18(11-9-17)28-14-16-5-3-2-4-6-16/h2-6,8-11,15,22,26H,7,12-14H2,1H3,(H,25,27)/t15-,22+/m0/s1. The average molecular weight is 405 g/mol. The third kappa shape index (κ3) is 3.62. The van der Waals surface area contributed by atoms with Crippen LogP contribution in [-0.2, 0) is 19.4 Å². The maximum absolute atomic E-state index is 12.8. The van der Waals surface area contributed by atoms with Crippen LogP contribution >= 0.6 is 11.3 Å². The normalized spacial score (nSPS) is 20.2. The number of ether oxygens (including phenoxy) is 1. The van der Waals surface area contributed by atoms with Gasteiger partial charge in [0.15, 0.2) is 0 Å².